The molecule has 1 heterocycles. The first-order valence-corrected chi connectivity index (χ1v) is 7.50. The molecule has 0 aromatic heterocycles. The van der Waals surface area contributed by atoms with Crippen LogP contribution in [0.25, 0.3) is 0 Å². The zero-order valence-corrected chi connectivity index (χ0v) is 13.8. The van der Waals surface area contributed by atoms with E-state index in [0.29, 0.717) is 23.1 Å². The molecule has 1 N–H and O–H groups in total. The summed E-state index contributed by atoms with van der Waals surface area (Å²) < 4.78 is 5.40. The Hall–Kier alpha value is -2.34. The number of aliphatic carboxylic acids is 1. The van der Waals surface area contributed by atoms with Gasteiger partial charge in [0, 0.05) is 0 Å². The first-order valence-electron chi connectivity index (χ1n) is 7.12. The predicted octanol–water partition coefficient (Wildman–Crippen LogP) is 3.07. The fraction of sp³-hybridized carbons (Fsp3) is 0.312. The Morgan fingerprint density at radius 3 is 2.65 bits per heavy atom. The standard InChI is InChI=1S/C16H17ClN2O4/c1-4-23-10(3)13-14(9(2)16(21)22)18-19(15(13)20)12-8-6-5-7-11(12)17/h5-9H,4H2,1-3H3,(H,21,22). The summed E-state index contributed by atoms with van der Waals surface area (Å²) in [5.74, 6) is -2.12. The summed E-state index contributed by atoms with van der Waals surface area (Å²) in [6.07, 6.45) is 0. The fourth-order valence-corrected chi connectivity index (χ4v) is 2.46. The molecule has 0 spiro atoms. The molecule has 122 valence electrons. The van der Waals surface area contributed by atoms with E-state index in [2.05, 4.69) is 5.10 Å². The van der Waals surface area contributed by atoms with E-state index in [9.17, 15) is 14.7 Å². The van der Waals surface area contributed by atoms with E-state index in [1.165, 1.54) is 6.92 Å². The third-order valence-electron chi connectivity index (χ3n) is 3.44. The fourth-order valence-electron chi connectivity index (χ4n) is 2.25. The Morgan fingerprint density at radius 1 is 1.43 bits per heavy atom. The summed E-state index contributed by atoms with van der Waals surface area (Å²) in [7, 11) is 0. The van der Waals surface area contributed by atoms with Gasteiger partial charge in [-0.05, 0) is 32.9 Å². The van der Waals surface area contributed by atoms with Gasteiger partial charge in [-0.2, -0.15) is 10.1 Å². The lowest BCUT2D eigenvalue weighted by atomic mass is 9.98. The minimum absolute atomic E-state index is 0.161. The summed E-state index contributed by atoms with van der Waals surface area (Å²) in [6, 6.07) is 6.74. The second-order valence-corrected chi connectivity index (χ2v) is 5.38. The van der Waals surface area contributed by atoms with Crippen molar-refractivity contribution >= 4 is 34.9 Å². The number of ether oxygens (including phenoxy) is 1. The third-order valence-corrected chi connectivity index (χ3v) is 3.76. The first kappa shape index (κ1) is 17.0. The van der Waals surface area contributed by atoms with Gasteiger partial charge < -0.3 is 9.84 Å². The molecule has 1 unspecified atom stereocenters. The highest BCUT2D eigenvalue weighted by molar-refractivity contribution is 6.37. The van der Waals surface area contributed by atoms with Crippen LogP contribution in [0.5, 0.6) is 0 Å². The minimum Gasteiger partial charge on any atom is -0.498 e. The zero-order chi connectivity index (χ0) is 17.1. The number of anilines is 1. The molecule has 23 heavy (non-hydrogen) atoms. The number of hydrogen-bond acceptors (Lipinski definition) is 4. The van der Waals surface area contributed by atoms with Crippen molar-refractivity contribution in [1.82, 2.24) is 0 Å². The van der Waals surface area contributed by atoms with E-state index in [4.69, 9.17) is 16.3 Å². The Morgan fingerprint density at radius 2 is 2.09 bits per heavy atom. The van der Waals surface area contributed by atoms with Crippen LogP contribution < -0.4 is 5.01 Å². The molecule has 1 atom stereocenters. The number of rotatable bonds is 5. The lowest BCUT2D eigenvalue weighted by molar-refractivity contribution is -0.138. The number of carbonyl (C=O) groups is 2. The predicted molar refractivity (Wildman–Crippen MR) is 87.5 cm³/mol. The van der Waals surface area contributed by atoms with E-state index >= 15 is 0 Å². The summed E-state index contributed by atoms with van der Waals surface area (Å²) in [4.78, 5) is 24.1. The first-order chi connectivity index (χ1) is 10.9. The van der Waals surface area contributed by atoms with Gasteiger partial charge in [-0.25, -0.2) is 0 Å². The lowest BCUT2D eigenvalue weighted by Gasteiger charge is -2.13. The van der Waals surface area contributed by atoms with Crippen molar-refractivity contribution in [2.75, 3.05) is 11.6 Å². The molecule has 1 aromatic carbocycles. The molecule has 1 aliphatic rings. The van der Waals surface area contributed by atoms with Crippen molar-refractivity contribution in [3.63, 3.8) is 0 Å². The second kappa shape index (κ2) is 6.83. The third kappa shape index (κ3) is 3.22. The van der Waals surface area contributed by atoms with E-state index in [1.807, 2.05) is 0 Å². The van der Waals surface area contributed by atoms with Crippen molar-refractivity contribution in [2.45, 2.75) is 20.8 Å². The molecule has 1 amide bonds. The summed E-state index contributed by atoms with van der Waals surface area (Å²) in [5.41, 5.74) is 0.726. The van der Waals surface area contributed by atoms with Crippen molar-refractivity contribution in [3.8, 4) is 0 Å². The smallest absolute Gasteiger partial charge is 0.312 e. The van der Waals surface area contributed by atoms with Crippen molar-refractivity contribution in [1.29, 1.82) is 0 Å². The van der Waals surface area contributed by atoms with E-state index in [-0.39, 0.29) is 11.3 Å². The van der Waals surface area contributed by atoms with Crippen LogP contribution in [0.3, 0.4) is 0 Å². The molecule has 0 aliphatic carbocycles. The highest BCUT2D eigenvalue weighted by Crippen LogP contribution is 2.32. The van der Waals surface area contributed by atoms with E-state index < -0.39 is 17.8 Å². The summed E-state index contributed by atoms with van der Waals surface area (Å²) >= 11 is 6.12. The van der Waals surface area contributed by atoms with Gasteiger partial charge in [0.05, 0.1) is 28.9 Å². The molecule has 0 saturated heterocycles. The Labute approximate surface area is 139 Å². The maximum Gasteiger partial charge on any atom is 0.312 e. The van der Waals surface area contributed by atoms with Crippen LogP contribution in [0.4, 0.5) is 5.69 Å². The number of nitrogens with zero attached hydrogens (tertiary/aromatic N) is 2. The molecule has 1 aromatic rings. The molecular weight excluding hydrogens is 320 g/mol. The molecule has 1 aliphatic heterocycles. The molecule has 7 heteroatoms. The second-order valence-electron chi connectivity index (χ2n) is 4.98. The van der Waals surface area contributed by atoms with Crippen LogP contribution in [0, 0.1) is 5.92 Å². The highest BCUT2D eigenvalue weighted by atomic mass is 35.5. The molecule has 0 bridgehead atoms. The van der Waals surface area contributed by atoms with Crippen LogP contribution in [0.2, 0.25) is 5.02 Å². The maximum absolute atomic E-state index is 12.7. The summed E-state index contributed by atoms with van der Waals surface area (Å²) in [6.45, 7) is 5.25. The van der Waals surface area contributed by atoms with Crippen molar-refractivity contribution in [2.24, 2.45) is 11.0 Å². The van der Waals surface area contributed by atoms with E-state index in [1.54, 1.807) is 38.1 Å². The van der Waals surface area contributed by atoms with Gasteiger partial charge in [0.2, 0.25) is 0 Å². The molecule has 0 saturated carbocycles. The van der Waals surface area contributed by atoms with Gasteiger partial charge in [0.25, 0.3) is 5.91 Å². The largest absolute Gasteiger partial charge is 0.498 e. The number of para-hydroxylation sites is 1. The normalized spacial score (nSPS) is 17.8. The summed E-state index contributed by atoms with van der Waals surface area (Å²) in [5, 5.41) is 14.9. The zero-order valence-electron chi connectivity index (χ0n) is 13.0. The number of carbonyl (C=O) groups excluding carboxylic acids is 1. The topological polar surface area (TPSA) is 79.2 Å². The SMILES string of the molecule is CCOC(C)=C1C(=O)N(c2ccccc2Cl)N=C1C(C)C(=O)O. The van der Waals surface area contributed by atoms with Gasteiger partial charge in [-0.3, -0.25) is 9.59 Å². The average Bonchev–Trinajstić information content (AvgIpc) is 2.84. The lowest BCUT2D eigenvalue weighted by Crippen LogP contribution is -2.25. The van der Waals surface area contributed by atoms with Crippen LogP contribution in [0.1, 0.15) is 20.8 Å². The molecular formula is C16H17ClN2O4. The minimum atomic E-state index is -1.07. The van der Waals surface area contributed by atoms with Crippen LogP contribution >= 0.6 is 11.6 Å². The average molecular weight is 337 g/mol. The molecule has 6 nitrogen and oxygen atoms in total. The monoisotopic (exact) mass is 336 g/mol. The van der Waals surface area contributed by atoms with Gasteiger partial charge >= 0.3 is 5.97 Å². The molecule has 0 radical (unpaired) electrons. The number of benzene rings is 1. The molecule has 2 rings (SSSR count). The van der Waals surface area contributed by atoms with Gasteiger partial charge in [0.1, 0.15) is 11.3 Å². The van der Waals surface area contributed by atoms with Crippen LogP contribution in [-0.4, -0.2) is 29.3 Å². The Balaban J connectivity index is 2.56. The number of amides is 1. The Kier molecular flexibility index (Phi) is 5.05. The highest BCUT2D eigenvalue weighted by Gasteiger charge is 2.39. The number of allylic oxidation sites excluding steroid dienone is 1. The van der Waals surface area contributed by atoms with E-state index in [0.717, 1.165) is 5.01 Å². The van der Waals surface area contributed by atoms with Crippen LogP contribution in [0.15, 0.2) is 40.7 Å². The molecule has 0 fully saturated rings. The van der Waals surface area contributed by atoms with Crippen LogP contribution in [-0.2, 0) is 14.3 Å². The number of hydrazone groups is 1. The number of hydrogen-bond donors (Lipinski definition) is 1. The quantitative estimate of drug-likeness (QED) is 0.662. The number of halogens is 1. The van der Waals surface area contributed by atoms with Crippen molar-refractivity contribution in [3.05, 3.63) is 40.6 Å². The number of carboxylic acid groups (broad SMARTS) is 1. The van der Waals surface area contributed by atoms with Crippen molar-refractivity contribution < 1.29 is 19.4 Å². The Bertz CT molecular complexity index is 712. The number of carboxylic acids is 1. The van der Waals surface area contributed by atoms with Gasteiger partial charge in [0.15, 0.2) is 0 Å². The van der Waals surface area contributed by atoms with Gasteiger partial charge in [-0.15, -0.1) is 0 Å². The van der Waals surface area contributed by atoms with Gasteiger partial charge in [-0.1, -0.05) is 23.7 Å². The maximum atomic E-state index is 12.7.